The third kappa shape index (κ3) is 6.37. The fourth-order valence-electron chi connectivity index (χ4n) is 2.50. The predicted molar refractivity (Wildman–Crippen MR) is 123 cm³/mol. The first-order valence-electron chi connectivity index (χ1n) is 9.63. The van der Waals surface area contributed by atoms with Crippen molar-refractivity contribution in [1.82, 2.24) is 4.98 Å². The number of hydrogen-bond donors (Lipinski definition) is 1. The summed E-state index contributed by atoms with van der Waals surface area (Å²) >= 11 is 0. The number of pyridine rings is 1. The van der Waals surface area contributed by atoms with Gasteiger partial charge < -0.3 is 9.47 Å². The van der Waals surface area contributed by atoms with Crippen LogP contribution in [-0.2, 0) is 0 Å². The summed E-state index contributed by atoms with van der Waals surface area (Å²) < 4.78 is 11.3. The Kier molecular flexibility index (Phi) is 8.08. The fraction of sp³-hybridized carbons (Fsp3) is 0.0833. The van der Waals surface area contributed by atoms with Crippen molar-refractivity contribution in [3.8, 4) is 11.5 Å². The van der Waals surface area contributed by atoms with Gasteiger partial charge in [0.25, 0.3) is 0 Å². The van der Waals surface area contributed by atoms with Crippen molar-refractivity contribution < 1.29 is 9.47 Å². The van der Waals surface area contributed by atoms with Crippen LogP contribution in [0, 0.1) is 0 Å². The standard InChI is InChI=1S/C24H23N5O2/c1-3-17-30-22-11-7-5-9-20(22)26-28-24(19-13-15-25-16-14-19)29-27-21-10-6-8-12-23(21)31-18-4-2/h3-16,26H,1-2,17-18H2/b28-24+,29-27?. The normalized spacial score (nSPS) is 11.2. The summed E-state index contributed by atoms with van der Waals surface area (Å²) in [6, 6.07) is 18.5. The quantitative estimate of drug-likeness (QED) is 0.150. The van der Waals surface area contributed by atoms with Crippen molar-refractivity contribution in [2.24, 2.45) is 15.3 Å². The highest BCUT2D eigenvalue weighted by atomic mass is 16.5. The fourth-order valence-corrected chi connectivity index (χ4v) is 2.50. The van der Waals surface area contributed by atoms with Gasteiger partial charge >= 0.3 is 0 Å². The Morgan fingerprint density at radius 3 is 2.26 bits per heavy atom. The molecule has 0 saturated heterocycles. The monoisotopic (exact) mass is 413 g/mol. The number of hydrazone groups is 1. The minimum atomic E-state index is 0.374. The zero-order chi connectivity index (χ0) is 21.7. The van der Waals surface area contributed by atoms with Crippen LogP contribution in [0.5, 0.6) is 11.5 Å². The number of amidine groups is 1. The van der Waals surface area contributed by atoms with E-state index in [4.69, 9.17) is 9.47 Å². The van der Waals surface area contributed by atoms with Gasteiger partial charge in [-0.05, 0) is 36.4 Å². The molecule has 0 aliphatic heterocycles. The number of nitrogens with one attached hydrogen (secondary N) is 1. The molecule has 3 rings (SSSR count). The average molecular weight is 413 g/mol. The van der Waals surface area contributed by atoms with Crippen LogP contribution >= 0.6 is 0 Å². The second-order valence-corrected chi connectivity index (χ2v) is 6.15. The summed E-state index contributed by atoms with van der Waals surface area (Å²) in [5.74, 6) is 1.64. The van der Waals surface area contributed by atoms with Gasteiger partial charge in [-0.2, -0.15) is 5.10 Å². The van der Waals surface area contributed by atoms with E-state index in [1.54, 1.807) is 36.7 Å². The maximum absolute atomic E-state index is 5.67. The number of hydrogen-bond acceptors (Lipinski definition) is 6. The Balaban J connectivity index is 1.90. The van der Waals surface area contributed by atoms with Gasteiger partial charge in [0.05, 0.1) is 5.69 Å². The van der Waals surface area contributed by atoms with E-state index in [2.05, 4.69) is 38.9 Å². The van der Waals surface area contributed by atoms with Crippen molar-refractivity contribution in [1.29, 1.82) is 0 Å². The Hall–Kier alpha value is -4.26. The van der Waals surface area contributed by atoms with E-state index < -0.39 is 0 Å². The van der Waals surface area contributed by atoms with E-state index in [1.165, 1.54) is 0 Å². The second kappa shape index (κ2) is 11.7. The summed E-state index contributed by atoms with van der Waals surface area (Å²) in [4.78, 5) is 4.05. The SMILES string of the molecule is C=CCOc1ccccc1N=N/C(=N/Nc1ccccc1OCC=C)c1ccncc1. The maximum Gasteiger partial charge on any atom is 0.201 e. The average Bonchev–Trinajstić information content (AvgIpc) is 2.83. The first-order valence-corrected chi connectivity index (χ1v) is 9.63. The molecule has 7 heteroatoms. The van der Waals surface area contributed by atoms with Gasteiger partial charge in [-0.1, -0.05) is 49.6 Å². The summed E-state index contributed by atoms with van der Waals surface area (Å²) in [7, 11) is 0. The molecule has 0 saturated carbocycles. The Morgan fingerprint density at radius 1 is 0.871 bits per heavy atom. The summed E-state index contributed by atoms with van der Waals surface area (Å²) in [5.41, 5.74) is 5.05. The van der Waals surface area contributed by atoms with E-state index in [-0.39, 0.29) is 0 Å². The molecule has 31 heavy (non-hydrogen) atoms. The highest BCUT2D eigenvalue weighted by molar-refractivity contribution is 5.99. The number of benzene rings is 2. The second-order valence-electron chi connectivity index (χ2n) is 6.15. The molecule has 1 heterocycles. The first-order chi connectivity index (χ1) is 15.3. The van der Waals surface area contributed by atoms with Gasteiger partial charge in [-0.15, -0.1) is 10.2 Å². The lowest BCUT2D eigenvalue weighted by Crippen LogP contribution is -2.03. The van der Waals surface area contributed by atoms with Crippen LogP contribution in [-0.4, -0.2) is 24.0 Å². The van der Waals surface area contributed by atoms with Crippen LogP contribution in [0.3, 0.4) is 0 Å². The van der Waals surface area contributed by atoms with Gasteiger partial charge in [0.15, 0.2) is 0 Å². The number of ether oxygens (including phenoxy) is 2. The van der Waals surface area contributed by atoms with Crippen LogP contribution < -0.4 is 14.9 Å². The third-order valence-electron chi connectivity index (χ3n) is 3.94. The number of para-hydroxylation sites is 3. The molecule has 0 amide bonds. The van der Waals surface area contributed by atoms with E-state index in [1.807, 2.05) is 48.5 Å². The van der Waals surface area contributed by atoms with Gasteiger partial charge in [0.1, 0.15) is 30.4 Å². The molecule has 0 aliphatic rings. The van der Waals surface area contributed by atoms with Gasteiger partial charge in [-0.3, -0.25) is 10.4 Å². The summed E-state index contributed by atoms with van der Waals surface area (Å²) in [5, 5.41) is 13.2. The van der Waals surface area contributed by atoms with Crippen molar-refractivity contribution in [3.63, 3.8) is 0 Å². The number of nitrogens with zero attached hydrogens (tertiary/aromatic N) is 4. The number of azo groups is 1. The zero-order valence-electron chi connectivity index (χ0n) is 17.0. The van der Waals surface area contributed by atoms with Crippen LogP contribution in [0.4, 0.5) is 11.4 Å². The molecule has 0 unspecified atom stereocenters. The van der Waals surface area contributed by atoms with Crippen molar-refractivity contribution in [3.05, 3.63) is 104 Å². The molecule has 156 valence electrons. The largest absolute Gasteiger partial charge is 0.487 e. The van der Waals surface area contributed by atoms with E-state index in [9.17, 15) is 0 Å². The summed E-state index contributed by atoms with van der Waals surface area (Å²) in [6.45, 7) is 8.11. The number of anilines is 1. The number of rotatable bonds is 10. The van der Waals surface area contributed by atoms with E-state index in [0.29, 0.717) is 41.9 Å². The lowest BCUT2D eigenvalue weighted by Gasteiger charge is -2.10. The lowest BCUT2D eigenvalue weighted by atomic mass is 10.2. The zero-order valence-corrected chi connectivity index (χ0v) is 17.0. The van der Waals surface area contributed by atoms with Crippen LogP contribution in [0.2, 0.25) is 0 Å². The van der Waals surface area contributed by atoms with Crippen LogP contribution in [0.1, 0.15) is 5.56 Å². The molecule has 1 N–H and O–H groups in total. The topological polar surface area (TPSA) is 80.5 Å². The van der Waals surface area contributed by atoms with Gasteiger partial charge in [0, 0.05) is 18.0 Å². The highest BCUT2D eigenvalue weighted by Crippen LogP contribution is 2.28. The Bertz CT molecular complexity index is 1060. The minimum Gasteiger partial charge on any atom is -0.487 e. The lowest BCUT2D eigenvalue weighted by molar-refractivity contribution is 0.364. The number of aromatic nitrogens is 1. The molecule has 0 bridgehead atoms. The summed E-state index contributed by atoms with van der Waals surface area (Å²) in [6.07, 6.45) is 6.70. The highest BCUT2D eigenvalue weighted by Gasteiger charge is 2.07. The molecular weight excluding hydrogens is 390 g/mol. The smallest absolute Gasteiger partial charge is 0.201 e. The molecular formula is C24H23N5O2. The van der Waals surface area contributed by atoms with Gasteiger partial charge in [-0.25, -0.2) is 0 Å². The van der Waals surface area contributed by atoms with Crippen molar-refractivity contribution in [2.75, 3.05) is 18.6 Å². The molecule has 2 aromatic carbocycles. The Morgan fingerprint density at radius 2 is 1.52 bits per heavy atom. The predicted octanol–water partition coefficient (Wildman–Crippen LogP) is 5.77. The van der Waals surface area contributed by atoms with Crippen molar-refractivity contribution >= 4 is 17.2 Å². The van der Waals surface area contributed by atoms with Gasteiger partial charge in [0.2, 0.25) is 5.84 Å². The van der Waals surface area contributed by atoms with Crippen molar-refractivity contribution in [2.45, 2.75) is 0 Å². The van der Waals surface area contributed by atoms with E-state index in [0.717, 1.165) is 5.56 Å². The molecule has 3 aromatic rings. The molecule has 1 aromatic heterocycles. The molecule has 0 fully saturated rings. The third-order valence-corrected chi connectivity index (χ3v) is 3.94. The molecule has 0 spiro atoms. The Labute approximate surface area is 181 Å². The van der Waals surface area contributed by atoms with Crippen LogP contribution in [0.15, 0.2) is 114 Å². The molecule has 0 aliphatic carbocycles. The maximum atomic E-state index is 5.67. The van der Waals surface area contributed by atoms with Crippen LogP contribution in [0.25, 0.3) is 0 Å². The first kappa shape index (κ1) is 21.4. The van der Waals surface area contributed by atoms with E-state index >= 15 is 0 Å². The molecule has 7 nitrogen and oxygen atoms in total. The molecule has 0 radical (unpaired) electrons. The minimum absolute atomic E-state index is 0.374. The molecule has 0 atom stereocenters.